The van der Waals surface area contributed by atoms with Crippen LogP contribution in [0, 0.1) is 6.92 Å². The highest BCUT2D eigenvalue weighted by molar-refractivity contribution is 7.13. The van der Waals surface area contributed by atoms with Crippen molar-refractivity contribution < 1.29 is 14.3 Å². The third kappa shape index (κ3) is 11.0. The summed E-state index contributed by atoms with van der Waals surface area (Å²) in [5, 5.41) is 9.31. The lowest BCUT2D eigenvalue weighted by molar-refractivity contribution is 0.0597. The number of halogens is 2. The summed E-state index contributed by atoms with van der Waals surface area (Å²) in [6, 6.07) is 28.6. The van der Waals surface area contributed by atoms with Crippen molar-refractivity contribution in [2.75, 3.05) is 7.11 Å². The number of carbonyl (C=O) groups excluding carboxylic acids is 2. The van der Waals surface area contributed by atoms with Gasteiger partial charge in [-0.25, -0.2) is 14.8 Å². The van der Waals surface area contributed by atoms with Crippen molar-refractivity contribution in [3.05, 3.63) is 183 Å². The van der Waals surface area contributed by atoms with Crippen LogP contribution in [0.25, 0.3) is 55.0 Å². The lowest BCUT2D eigenvalue weighted by Crippen LogP contribution is -2.43. The minimum absolute atomic E-state index is 0.0129. The van der Waals surface area contributed by atoms with Crippen LogP contribution in [-0.2, 0) is 36.8 Å². The van der Waals surface area contributed by atoms with E-state index in [0.29, 0.717) is 104 Å². The van der Waals surface area contributed by atoms with Crippen LogP contribution >= 0.6 is 45.9 Å². The molecular formula is C61H62Cl2N6O5S2. The molecule has 11 nitrogen and oxygen atoms in total. The first-order chi connectivity index (χ1) is 36.6. The van der Waals surface area contributed by atoms with Gasteiger partial charge in [-0.1, -0.05) is 112 Å². The summed E-state index contributed by atoms with van der Waals surface area (Å²) in [5.74, 6) is -1.03. The number of methoxy groups -OCH3 is 1. The van der Waals surface area contributed by atoms with E-state index in [1.807, 2.05) is 80.1 Å². The van der Waals surface area contributed by atoms with Crippen LogP contribution < -0.4 is 22.2 Å². The first kappa shape index (κ1) is 54.3. The Morgan fingerprint density at radius 3 is 1.78 bits per heavy atom. The number of rotatable bonds is 16. The van der Waals surface area contributed by atoms with Gasteiger partial charge in [0.15, 0.2) is 0 Å². The molecule has 76 heavy (non-hydrogen) atoms. The predicted octanol–water partition coefficient (Wildman–Crippen LogP) is 13.6. The molecule has 1 saturated carbocycles. The summed E-state index contributed by atoms with van der Waals surface area (Å²) in [5.41, 5.74) is 17.8. The summed E-state index contributed by atoms with van der Waals surface area (Å²) in [7, 11) is 1.35. The molecule has 4 aromatic carbocycles. The second-order valence-electron chi connectivity index (χ2n) is 19.8. The Balaban J connectivity index is 1.14. The molecule has 0 saturated heterocycles. The first-order valence-electron chi connectivity index (χ1n) is 26.0. The zero-order valence-electron chi connectivity index (χ0n) is 43.9. The first-order valence-corrected chi connectivity index (χ1v) is 28.5. The van der Waals surface area contributed by atoms with Crippen molar-refractivity contribution >= 4 is 57.8 Å². The highest BCUT2D eigenvalue weighted by Gasteiger charge is 2.30. The SMILES string of the molecule is CCc1cccc(CCc2cc(CC)c(-n3c(C(C)C)c(C(=O)OC)cc(-c4nc(-c5ccc(Cl)cc5)cs4)c3=O)c(CC)c2)c1-n1c(C)c(C(=O)NC2CCCC(N)C2)cc(-c2nc(-c3ccc(Cl)cc3)cs2)c1=O. The smallest absolute Gasteiger partial charge is 0.339 e. The molecule has 0 aliphatic heterocycles. The Hall–Kier alpha value is -6.48. The van der Waals surface area contributed by atoms with E-state index in [1.165, 1.54) is 29.8 Å². The molecule has 1 aliphatic carbocycles. The maximum atomic E-state index is 15.3. The molecule has 0 radical (unpaired) electrons. The number of thiazole rings is 2. The maximum Gasteiger partial charge on any atom is 0.339 e. The standard InChI is InChI=1S/C61H62Cl2N6O5S2/c1-8-37-13-11-14-42(54(37)68-35(6)47(56(70)65-46-16-12-15-45(64)29-46)30-49(59(68)71)57-66-51(32-75-57)40-19-23-43(62)24-20-40)18-17-36-27-38(9-2)55(39(10-3)28-36)69-53(34(4)5)48(61(73)74-7)31-50(60(69)72)58-67-52(33-76-58)41-21-25-44(63)26-22-41/h11,13-14,19-28,30-34,45-46H,8-10,12,15-18,29,64H2,1-7H3,(H,65,70). The molecule has 9 rings (SSSR count). The number of hydrogen-bond donors (Lipinski definition) is 2. The van der Waals surface area contributed by atoms with Gasteiger partial charge >= 0.3 is 5.97 Å². The van der Waals surface area contributed by atoms with E-state index in [0.717, 1.165) is 69.6 Å². The van der Waals surface area contributed by atoms with Gasteiger partial charge in [0, 0.05) is 55.4 Å². The number of para-hydroxylation sites is 1. The molecule has 1 amide bonds. The number of nitrogens with one attached hydrogen (secondary N) is 1. The fourth-order valence-corrected chi connectivity index (χ4v) is 12.6. The van der Waals surface area contributed by atoms with Crippen LogP contribution in [0.4, 0.5) is 0 Å². The summed E-state index contributed by atoms with van der Waals surface area (Å²) in [4.78, 5) is 68.7. The van der Waals surface area contributed by atoms with E-state index in [9.17, 15) is 9.59 Å². The molecule has 15 heteroatoms. The molecule has 2 atom stereocenters. The lowest BCUT2D eigenvalue weighted by atomic mass is 9.91. The molecule has 2 unspecified atom stereocenters. The van der Waals surface area contributed by atoms with E-state index < -0.39 is 5.97 Å². The van der Waals surface area contributed by atoms with Crippen LogP contribution in [0.3, 0.4) is 0 Å². The van der Waals surface area contributed by atoms with Crippen molar-refractivity contribution in [3.8, 4) is 55.0 Å². The van der Waals surface area contributed by atoms with Gasteiger partial charge in [-0.3, -0.25) is 23.5 Å². The Morgan fingerprint density at radius 1 is 0.724 bits per heavy atom. The summed E-state index contributed by atoms with van der Waals surface area (Å²) < 4.78 is 8.85. The van der Waals surface area contributed by atoms with Crippen LogP contribution in [0.2, 0.25) is 10.0 Å². The lowest BCUT2D eigenvalue weighted by Gasteiger charge is -2.28. The minimum Gasteiger partial charge on any atom is -0.465 e. The van der Waals surface area contributed by atoms with Crippen molar-refractivity contribution in [3.63, 3.8) is 0 Å². The molecule has 3 N–H and O–H groups in total. The van der Waals surface area contributed by atoms with Gasteiger partial charge in [0.05, 0.1) is 52.1 Å². The van der Waals surface area contributed by atoms with E-state index in [2.05, 4.69) is 44.3 Å². The summed E-state index contributed by atoms with van der Waals surface area (Å²) in [6.07, 6.45) is 6.37. The molecule has 1 aliphatic rings. The zero-order chi connectivity index (χ0) is 53.9. The number of amides is 1. The molecule has 392 valence electrons. The maximum absolute atomic E-state index is 15.3. The molecular weight excluding hydrogens is 1030 g/mol. The third-order valence-electron chi connectivity index (χ3n) is 14.5. The van der Waals surface area contributed by atoms with Crippen molar-refractivity contribution in [1.82, 2.24) is 24.4 Å². The van der Waals surface area contributed by atoms with E-state index in [4.69, 9.17) is 43.6 Å². The van der Waals surface area contributed by atoms with Crippen molar-refractivity contribution in [2.24, 2.45) is 5.73 Å². The fourth-order valence-electron chi connectivity index (χ4n) is 10.6. The second-order valence-corrected chi connectivity index (χ2v) is 22.4. The Bertz CT molecular complexity index is 3570. The molecule has 8 aromatic rings. The highest BCUT2D eigenvalue weighted by atomic mass is 35.5. The average molecular weight is 1090 g/mol. The number of aryl methyl sites for hydroxylation is 5. The van der Waals surface area contributed by atoms with Gasteiger partial charge in [-0.15, -0.1) is 22.7 Å². The average Bonchev–Trinajstić information content (AvgIpc) is 4.19. The Labute approximate surface area is 461 Å². The van der Waals surface area contributed by atoms with Crippen LogP contribution in [0.15, 0.2) is 111 Å². The summed E-state index contributed by atoms with van der Waals surface area (Å²) in [6.45, 7) is 12.0. The number of aromatic nitrogens is 4. The molecule has 4 aromatic heterocycles. The minimum atomic E-state index is -0.540. The topological polar surface area (TPSA) is 151 Å². The Morgan fingerprint density at radius 2 is 1.25 bits per heavy atom. The number of esters is 1. The van der Waals surface area contributed by atoms with Gasteiger partial charge in [0.1, 0.15) is 10.0 Å². The summed E-state index contributed by atoms with van der Waals surface area (Å²) >= 11 is 15.1. The zero-order valence-corrected chi connectivity index (χ0v) is 47.0. The highest BCUT2D eigenvalue weighted by Crippen LogP contribution is 2.36. The van der Waals surface area contributed by atoms with Crippen LogP contribution in [0.5, 0.6) is 0 Å². The molecule has 0 spiro atoms. The molecule has 1 fully saturated rings. The number of pyridine rings is 2. The number of benzene rings is 4. The quantitative estimate of drug-likeness (QED) is 0.0908. The van der Waals surface area contributed by atoms with E-state index in [-0.39, 0.29) is 35.0 Å². The number of ether oxygens (including phenoxy) is 1. The molecule has 0 bridgehead atoms. The number of nitrogens with two attached hydrogens (primary N) is 1. The number of hydrogen-bond acceptors (Lipinski definition) is 10. The largest absolute Gasteiger partial charge is 0.465 e. The number of nitrogens with zero attached hydrogens (tertiary/aromatic N) is 4. The van der Waals surface area contributed by atoms with Gasteiger partial charge < -0.3 is 15.8 Å². The van der Waals surface area contributed by atoms with E-state index in [1.54, 1.807) is 33.4 Å². The van der Waals surface area contributed by atoms with Crippen molar-refractivity contribution in [1.29, 1.82) is 0 Å². The van der Waals surface area contributed by atoms with E-state index >= 15 is 9.59 Å². The molecule has 4 heterocycles. The fraction of sp³-hybridized carbons (Fsp3) is 0.311. The Kier molecular flexibility index (Phi) is 16.7. The van der Waals surface area contributed by atoms with Crippen LogP contribution in [-0.4, -0.2) is 50.2 Å². The number of carbonyl (C=O) groups is 2. The van der Waals surface area contributed by atoms with Gasteiger partial charge in [0.25, 0.3) is 17.0 Å². The van der Waals surface area contributed by atoms with Crippen molar-refractivity contribution in [2.45, 2.75) is 117 Å². The predicted molar refractivity (Wildman–Crippen MR) is 311 cm³/mol. The van der Waals surface area contributed by atoms with Gasteiger partial charge in [-0.05, 0) is 135 Å². The third-order valence-corrected chi connectivity index (χ3v) is 16.7. The normalized spacial score (nSPS) is 14.6. The monoisotopic (exact) mass is 1090 g/mol. The van der Waals surface area contributed by atoms with Gasteiger partial charge in [-0.2, -0.15) is 0 Å². The second kappa shape index (κ2) is 23.4. The van der Waals surface area contributed by atoms with Gasteiger partial charge in [0.2, 0.25) is 0 Å². The van der Waals surface area contributed by atoms with Crippen LogP contribution in [0.1, 0.15) is 126 Å².